The van der Waals surface area contributed by atoms with E-state index in [4.69, 9.17) is 15.2 Å². The first-order valence-corrected chi connectivity index (χ1v) is 6.85. The second kappa shape index (κ2) is 6.96. The van der Waals surface area contributed by atoms with E-state index in [2.05, 4.69) is 13.0 Å². The molecule has 106 valence electrons. The van der Waals surface area contributed by atoms with Crippen molar-refractivity contribution in [3.8, 4) is 11.5 Å². The summed E-state index contributed by atoms with van der Waals surface area (Å²) in [5.41, 5.74) is 9.18. The van der Waals surface area contributed by atoms with Gasteiger partial charge in [0.25, 0.3) is 0 Å². The van der Waals surface area contributed by atoms with Gasteiger partial charge in [0, 0.05) is 6.54 Å². The molecule has 0 radical (unpaired) electrons. The number of aryl methyl sites for hydroxylation is 1. The summed E-state index contributed by atoms with van der Waals surface area (Å²) in [4.78, 5) is 0. The Morgan fingerprint density at radius 1 is 1.00 bits per heavy atom. The molecule has 3 heteroatoms. The number of nitrogens with two attached hydrogens (primary N) is 1. The summed E-state index contributed by atoms with van der Waals surface area (Å²) in [6.45, 7) is 3.13. The van der Waals surface area contributed by atoms with E-state index >= 15 is 0 Å². The molecule has 0 spiro atoms. The SMILES string of the molecule is CCc1ccc(OCc2ccccc2CN)c(OC)c1. The molecule has 0 aliphatic heterocycles. The van der Waals surface area contributed by atoms with Gasteiger partial charge >= 0.3 is 0 Å². The predicted octanol–water partition coefficient (Wildman–Crippen LogP) is 3.30. The Hall–Kier alpha value is -2.00. The van der Waals surface area contributed by atoms with Crippen LogP contribution in [0.15, 0.2) is 42.5 Å². The molecule has 20 heavy (non-hydrogen) atoms. The standard InChI is InChI=1S/C17H21NO2/c1-3-13-8-9-16(17(10-13)19-2)20-12-15-7-5-4-6-14(15)11-18/h4-10H,3,11-12,18H2,1-2H3. The Balaban J connectivity index is 2.14. The molecule has 0 saturated heterocycles. The molecule has 0 saturated carbocycles. The lowest BCUT2D eigenvalue weighted by atomic mass is 10.1. The summed E-state index contributed by atoms with van der Waals surface area (Å²) >= 11 is 0. The van der Waals surface area contributed by atoms with Gasteiger partial charge in [0.15, 0.2) is 11.5 Å². The van der Waals surface area contributed by atoms with Crippen molar-refractivity contribution in [3.05, 3.63) is 59.2 Å². The van der Waals surface area contributed by atoms with Crippen LogP contribution < -0.4 is 15.2 Å². The number of rotatable bonds is 6. The van der Waals surface area contributed by atoms with Gasteiger partial charge in [-0.25, -0.2) is 0 Å². The van der Waals surface area contributed by atoms with Crippen LogP contribution in [0.3, 0.4) is 0 Å². The maximum absolute atomic E-state index is 5.88. The van der Waals surface area contributed by atoms with Crippen molar-refractivity contribution in [2.75, 3.05) is 7.11 Å². The maximum atomic E-state index is 5.88. The van der Waals surface area contributed by atoms with Crippen LogP contribution in [0.2, 0.25) is 0 Å². The summed E-state index contributed by atoms with van der Waals surface area (Å²) in [6, 6.07) is 14.1. The fourth-order valence-electron chi connectivity index (χ4n) is 2.10. The summed E-state index contributed by atoms with van der Waals surface area (Å²) in [6.07, 6.45) is 0.979. The first-order valence-electron chi connectivity index (χ1n) is 6.85. The maximum Gasteiger partial charge on any atom is 0.161 e. The number of hydrogen-bond donors (Lipinski definition) is 1. The lowest BCUT2D eigenvalue weighted by Crippen LogP contribution is -2.05. The lowest BCUT2D eigenvalue weighted by molar-refractivity contribution is 0.283. The Morgan fingerprint density at radius 2 is 1.75 bits per heavy atom. The van der Waals surface area contributed by atoms with E-state index < -0.39 is 0 Å². The van der Waals surface area contributed by atoms with Gasteiger partial charge in [-0.1, -0.05) is 37.3 Å². The van der Waals surface area contributed by atoms with E-state index in [0.29, 0.717) is 13.2 Å². The third-order valence-electron chi connectivity index (χ3n) is 3.36. The molecule has 0 unspecified atom stereocenters. The average molecular weight is 271 g/mol. The van der Waals surface area contributed by atoms with Crippen LogP contribution in [0, 0.1) is 0 Å². The van der Waals surface area contributed by atoms with Crippen LogP contribution in [-0.2, 0) is 19.6 Å². The molecule has 0 atom stereocenters. The van der Waals surface area contributed by atoms with Crippen molar-refractivity contribution in [1.82, 2.24) is 0 Å². The number of methoxy groups -OCH3 is 1. The first-order chi connectivity index (χ1) is 9.78. The molecular formula is C17H21NO2. The van der Waals surface area contributed by atoms with Gasteiger partial charge < -0.3 is 15.2 Å². The largest absolute Gasteiger partial charge is 0.493 e. The zero-order valence-corrected chi connectivity index (χ0v) is 12.1. The third kappa shape index (κ3) is 3.31. The molecular weight excluding hydrogens is 250 g/mol. The zero-order valence-electron chi connectivity index (χ0n) is 12.1. The zero-order chi connectivity index (χ0) is 14.4. The van der Waals surface area contributed by atoms with Gasteiger partial charge in [-0.15, -0.1) is 0 Å². The molecule has 0 fully saturated rings. The van der Waals surface area contributed by atoms with Crippen LogP contribution in [0.25, 0.3) is 0 Å². The molecule has 3 nitrogen and oxygen atoms in total. The fourth-order valence-corrected chi connectivity index (χ4v) is 2.10. The molecule has 2 aromatic rings. The van der Waals surface area contributed by atoms with E-state index in [-0.39, 0.29) is 0 Å². The summed E-state index contributed by atoms with van der Waals surface area (Å²) < 4.78 is 11.3. The van der Waals surface area contributed by atoms with Gasteiger partial charge in [0.2, 0.25) is 0 Å². The smallest absolute Gasteiger partial charge is 0.161 e. The van der Waals surface area contributed by atoms with Crippen LogP contribution >= 0.6 is 0 Å². The van der Waals surface area contributed by atoms with Crippen LogP contribution in [0.4, 0.5) is 0 Å². The fraction of sp³-hybridized carbons (Fsp3) is 0.294. The van der Waals surface area contributed by atoms with Gasteiger partial charge in [-0.05, 0) is 35.2 Å². The normalized spacial score (nSPS) is 10.3. The monoisotopic (exact) mass is 271 g/mol. The van der Waals surface area contributed by atoms with E-state index in [1.807, 2.05) is 36.4 Å². The van der Waals surface area contributed by atoms with E-state index in [9.17, 15) is 0 Å². The van der Waals surface area contributed by atoms with Crippen molar-refractivity contribution < 1.29 is 9.47 Å². The highest BCUT2D eigenvalue weighted by Gasteiger charge is 2.07. The average Bonchev–Trinajstić information content (AvgIpc) is 2.52. The number of hydrogen-bond acceptors (Lipinski definition) is 3. The molecule has 0 aliphatic carbocycles. The molecule has 0 aromatic heterocycles. The Morgan fingerprint density at radius 3 is 2.40 bits per heavy atom. The quantitative estimate of drug-likeness (QED) is 0.876. The molecule has 0 aliphatic rings. The van der Waals surface area contributed by atoms with Crippen LogP contribution in [0.1, 0.15) is 23.6 Å². The third-order valence-corrected chi connectivity index (χ3v) is 3.36. The number of benzene rings is 2. The molecule has 2 N–H and O–H groups in total. The van der Waals surface area contributed by atoms with Gasteiger partial charge in [0.1, 0.15) is 6.61 Å². The number of ether oxygens (including phenoxy) is 2. The van der Waals surface area contributed by atoms with Crippen LogP contribution in [-0.4, -0.2) is 7.11 Å². The highest BCUT2D eigenvalue weighted by molar-refractivity contribution is 5.43. The highest BCUT2D eigenvalue weighted by Crippen LogP contribution is 2.29. The van der Waals surface area contributed by atoms with Crippen molar-refractivity contribution >= 4 is 0 Å². The first kappa shape index (κ1) is 14.4. The topological polar surface area (TPSA) is 44.5 Å². The molecule has 0 heterocycles. The van der Waals surface area contributed by atoms with Crippen molar-refractivity contribution in [1.29, 1.82) is 0 Å². The van der Waals surface area contributed by atoms with E-state index in [1.54, 1.807) is 7.11 Å². The van der Waals surface area contributed by atoms with Crippen molar-refractivity contribution in [2.45, 2.75) is 26.5 Å². The molecule has 0 bridgehead atoms. The second-order valence-electron chi connectivity index (χ2n) is 4.60. The second-order valence-corrected chi connectivity index (χ2v) is 4.60. The van der Waals surface area contributed by atoms with Crippen LogP contribution in [0.5, 0.6) is 11.5 Å². The predicted molar refractivity (Wildman–Crippen MR) is 81.0 cm³/mol. The lowest BCUT2D eigenvalue weighted by Gasteiger charge is -2.13. The minimum Gasteiger partial charge on any atom is -0.493 e. The Labute approximate surface area is 120 Å². The van der Waals surface area contributed by atoms with Crippen molar-refractivity contribution in [3.63, 3.8) is 0 Å². The van der Waals surface area contributed by atoms with E-state index in [0.717, 1.165) is 29.0 Å². The van der Waals surface area contributed by atoms with Gasteiger partial charge in [0.05, 0.1) is 7.11 Å². The summed E-state index contributed by atoms with van der Waals surface area (Å²) in [5, 5.41) is 0. The Kier molecular flexibility index (Phi) is 5.02. The molecule has 2 rings (SSSR count). The minimum atomic E-state index is 0.495. The summed E-state index contributed by atoms with van der Waals surface area (Å²) in [7, 11) is 1.66. The summed E-state index contributed by atoms with van der Waals surface area (Å²) in [5.74, 6) is 1.53. The molecule has 2 aromatic carbocycles. The minimum absolute atomic E-state index is 0.495. The van der Waals surface area contributed by atoms with Gasteiger partial charge in [-0.2, -0.15) is 0 Å². The van der Waals surface area contributed by atoms with E-state index in [1.165, 1.54) is 5.56 Å². The molecule has 0 amide bonds. The van der Waals surface area contributed by atoms with Gasteiger partial charge in [-0.3, -0.25) is 0 Å². The highest BCUT2D eigenvalue weighted by atomic mass is 16.5. The Bertz CT molecular complexity index is 567. The van der Waals surface area contributed by atoms with Crippen molar-refractivity contribution in [2.24, 2.45) is 5.73 Å².